The second kappa shape index (κ2) is 7.80. The second-order valence-corrected chi connectivity index (χ2v) is 7.83. The Morgan fingerprint density at radius 3 is 2.42 bits per heavy atom. The van der Waals surface area contributed by atoms with E-state index in [2.05, 4.69) is 25.9 Å². The van der Waals surface area contributed by atoms with Crippen molar-refractivity contribution in [2.75, 3.05) is 13.1 Å². The molecule has 0 fully saturated rings. The van der Waals surface area contributed by atoms with Gasteiger partial charge in [0.25, 0.3) is 0 Å². The molecule has 0 aromatic rings. The van der Waals surface area contributed by atoms with E-state index in [0.29, 0.717) is 5.92 Å². The van der Waals surface area contributed by atoms with Gasteiger partial charge in [-0.25, -0.2) is 0 Å². The van der Waals surface area contributed by atoms with Gasteiger partial charge < -0.3 is 4.90 Å². The van der Waals surface area contributed by atoms with Gasteiger partial charge in [0.15, 0.2) is 6.17 Å². The molecular weight excluding hydrogens is 305 g/mol. The Hall–Kier alpha value is 0.140. The molecule has 0 saturated heterocycles. The summed E-state index contributed by atoms with van der Waals surface area (Å²) >= 11 is 18.4. The van der Waals surface area contributed by atoms with Crippen LogP contribution in [0.15, 0.2) is 5.10 Å². The van der Waals surface area contributed by atoms with Crippen molar-refractivity contribution < 1.29 is 0 Å². The van der Waals surface area contributed by atoms with E-state index in [1.807, 2.05) is 9.91 Å². The SMILES string of the molecule is CCCCCCN1N=CN(CC(C)C)C1C(Cl)(Cl)Cl. The first-order valence-corrected chi connectivity index (χ1v) is 8.12. The molecule has 0 aliphatic carbocycles. The maximum absolute atomic E-state index is 6.12. The van der Waals surface area contributed by atoms with Crippen molar-refractivity contribution in [1.29, 1.82) is 0 Å². The highest BCUT2D eigenvalue weighted by molar-refractivity contribution is 6.68. The van der Waals surface area contributed by atoms with Crippen LogP contribution in [0.3, 0.4) is 0 Å². The van der Waals surface area contributed by atoms with Gasteiger partial charge in [-0.3, -0.25) is 5.01 Å². The maximum atomic E-state index is 6.12. The lowest BCUT2D eigenvalue weighted by molar-refractivity contribution is 0.124. The molecule has 0 saturated carbocycles. The Morgan fingerprint density at radius 1 is 1.21 bits per heavy atom. The molecule has 0 bridgehead atoms. The van der Waals surface area contributed by atoms with E-state index in [1.54, 1.807) is 6.34 Å². The Labute approximate surface area is 131 Å². The molecule has 112 valence electrons. The van der Waals surface area contributed by atoms with Crippen LogP contribution in [-0.2, 0) is 0 Å². The molecule has 1 aliphatic heterocycles. The zero-order valence-corrected chi connectivity index (χ0v) is 14.2. The zero-order chi connectivity index (χ0) is 14.5. The molecular formula is C13H24Cl3N3. The fourth-order valence-electron chi connectivity index (χ4n) is 2.24. The van der Waals surface area contributed by atoms with Crippen LogP contribution in [0.2, 0.25) is 0 Å². The smallest absolute Gasteiger partial charge is 0.230 e. The predicted molar refractivity (Wildman–Crippen MR) is 85.0 cm³/mol. The standard InChI is InChI=1S/C13H24Cl3N3/c1-4-5-6-7-8-19-12(13(14,15)16)18(10-17-19)9-11(2)3/h10-12H,4-9H2,1-3H3. The Morgan fingerprint density at radius 2 is 1.89 bits per heavy atom. The van der Waals surface area contributed by atoms with Crippen LogP contribution in [0.1, 0.15) is 46.5 Å². The molecule has 1 atom stereocenters. The number of rotatable bonds is 7. The van der Waals surface area contributed by atoms with Crippen molar-refractivity contribution >= 4 is 41.1 Å². The van der Waals surface area contributed by atoms with Crippen LogP contribution in [-0.4, -0.2) is 39.3 Å². The topological polar surface area (TPSA) is 18.8 Å². The number of alkyl halides is 3. The van der Waals surface area contributed by atoms with Crippen molar-refractivity contribution in [2.45, 2.75) is 56.4 Å². The predicted octanol–water partition coefficient (Wildman–Crippen LogP) is 4.48. The second-order valence-electron chi connectivity index (χ2n) is 5.46. The first-order valence-electron chi connectivity index (χ1n) is 6.99. The normalized spacial score (nSPS) is 19.8. The molecule has 0 radical (unpaired) electrons. The maximum Gasteiger partial charge on any atom is 0.230 e. The zero-order valence-electron chi connectivity index (χ0n) is 12.0. The fraction of sp³-hybridized carbons (Fsp3) is 0.923. The number of unbranched alkanes of at least 4 members (excludes halogenated alkanes) is 3. The summed E-state index contributed by atoms with van der Waals surface area (Å²) in [6.07, 6.45) is 6.24. The van der Waals surface area contributed by atoms with Crippen LogP contribution >= 0.6 is 34.8 Å². The van der Waals surface area contributed by atoms with E-state index in [1.165, 1.54) is 19.3 Å². The van der Waals surface area contributed by atoms with Crippen LogP contribution < -0.4 is 0 Å². The third kappa shape index (κ3) is 5.57. The van der Waals surface area contributed by atoms with Gasteiger partial charge >= 0.3 is 0 Å². The third-order valence-corrected chi connectivity index (χ3v) is 3.64. The van der Waals surface area contributed by atoms with Gasteiger partial charge in [0, 0.05) is 13.1 Å². The van der Waals surface area contributed by atoms with E-state index in [4.69, 9.17) is 34.8 Å². The van der Waals surface area contributed by atoms with Crippen LogP contribution in [0.25, 0.3) is 0 Å². The third-order valence-electron chi connectivity index (χ3n) is 3.05. The quantitative estimate of drug-likeness (QED) is 0.507. The van der Waals surface area contributed by atoms with Crippen LogP contribution in [0.4, 0.5) is 0 Å². The summed E-state index contributed by atoms with van der Waals surface area (Å²) in [4.78, 5) is 2.03. The average molecular weight is 329 g/mol. The lowest BCUT2D eigenvalue weighted by Gasteiger charge is -2.35. The molecule has 0 N–H and O–H groups in total. The van der Waals surface area contributed by atoms with Crippen molar-refractivity contribution in [2.24, 2.45) is 11.0 Å². The number of hydrazone groups is 1. The Kier molecular flexibility index (Phi) is 7.06. The molecule has 1 unspecified atom stereocenters. The highest BCUT2D eigenvalue weighted by atomic mass is 35.6. The molecule has 1 heterocycles. The molecule has 0 spiro atoms. The molecule has 19 heavy (non-hydrogen) atoms. The summed E-state index contributed by atoms with van der Waals surface area (Å²) in [5.74, 6) is 0.501. The van der Waals surface area contributed by atoms with Crippen LogP contribution in [0.5, 0.6) is 0 Å². The fourth-order valence-corrected chi connectivity index (χ4v) is 2.95. The van der Waals surface area contributed by atoms with Crippen molar-refractivity contribution in [3.8, 4) is 0 Å². The summed E-state index contributed by atoms with van der Waals surface area (Å²) < 4.78 is -1.35. The van der Waals surface area contributed by atoms with E-state index in [9.17, 15) is 0 Å². The highest BCUT2D eigenvalue weighted by Gasteiger charge is 2.43. The first-order chi connectivity index (χ1) is 8.86. The molecule has 1 rings (SSSR count). The van der Waals surface area contributed by atoms with Gasteiger partial charge in [0.1, 0.15) is 6.34 Å². The summed E-state index contributed by atoms with van der Waals surface area (Å²) in [5.41, 5.74) is 0. The number of halogens is 3. The number of hydrogen-bond donors (Lipinski definition) is 0. The van der Waals surface area contributed by atoms with Gasteiger partial charge in [0.2, 0.25) is 3.79 Å². The lowest BCUT2D eigenvalue weighted by atomic mass is 10.2. The van der Waals surface area contributed by atoms with Crippen LogP contribution in [0, 0.1) is 5.92 Å². The van der Waals surface area contributed by atoms with E-state index < -0.39 is 3.79 Å². The van der Waals surface area contributed by atoms with E-state index in [0.717, 1.165) is 19.5 Å². The largest absolute Gasteiger partial charge is 0.336 e. The van der Waals surface area contributed by atoms with E-state index in [-0.39, 0.29) is 6.17 Å². The highest BCUT2D eigenvalue weighted by Crippen LogP contribution is 2.37. The molecule has 0 aromatic carbocycles. The molecule has 3 nitrogen and oxygen atoms in total. The van der Waals surface area contributed by atoms with E-state index >= 15 is 0 Å². The molecule has 1 aliphatic rings. The minimum Gasteiger partial charge on any atom is -0.336 e. The Balaban J connectivity index is 2.58. The summed E-state index contributed by atoms with van der Waals surface area (Å²) in [6, 6.07) is 0. The monoisotopic (exact) mass is 327 g/mol. The molecule has 0 amide bonds. The average Bonchev–Trinajstić information content (AvgIpc) is 2.66. The molecule has 6 heteroatoms. The summed E-state index contributed by atoms with van der Waals surface area (Å²) in [6.45, 7) is 8.17. The van der Waals surface area contributed by atoms with Gasteiger partial charge in [-0.2, -0.15) is 5.10 Å². The first kappa shape index (κ1) is 17.2. The van der Waals surface area contributed by atoms with Gasteiger partial charge in [-0.05, 0) is 12.3 Å². The number of nitrogens with zero attached hydrogens (tertiary/aromatic N) is 3. The van der Waals surface area contributed by atoms with Gasteiger partial charge in [-0.15, -0.1) is 0 Å². The minimum atomic E-state index is -1.35. The Bertz CT molecular complexity index is 289. The summed E-state index contributed by atoms with van der Waals surface area (Å²) in [7, 11) is 0. The summed E-state index contributed by atoms with van der Waals surface area (Å²) in [5, 5.41) is 6.30. The van der Waals surface area contributed by atoms with Crippen molar-refractivity contribution in [3.63, 3.8) is 0 Å². The van der Waals surface area contributed by atoms with Crippen molar-refractivity contribution in [3.05, 3.63) is 0 Å². The lowest BCUT2D eigenvalue weighted by Crippen LogP contribution is -2.49. The molecule has 0 aromatic heterocycles. The van der Waals surface area contributed by atoms with Gasteiger partial charge in [0.05, 0.1) is 0 Å². The number of hydrogen-bond acceptors (Lipinski definition) is 3. The van der Waals surface area contributed by atoms with Gasteiger partial charge in [-0.1, -0.05) is 74.8 Å². The van der Waals surface area contributed by atoms with Crippen molar-refractivity contribution in [1.82, 2.24) is 9.91 Å². The minimum absolute atomic E-state index is 0.290.